The van der Waals surface area contributed by atoms with Crippen molar-refractivity contribution in [3.63, 3.8) is 0 Å². The molecule has 0 spiro atoms. The fourth-order valence-electron chi connectivity index (χ4n) is 3.48. The quantitative estimate of drug-likeness (QED) is 0.803. The van der Waals surface area contributed by atoms with E-state index < -0.39 is 10.0 Å². The van der Waals surface area contributed by atoms with Crippen LogP contribution in [-0.4, -0.2) is 37.8 Å². The van der Waals surface area contributed by atoms with Crippen molar-refractivity contribution in [3.05, 3.63) is 65.5 Å². The molecule has 0 bridgehead atoms. The first-order valence-corrected chi connectivity index (χ1v) is 11.0. The highest BCUT2D eigenvalue weighted by atomic mass is 32.2. The second-order valence-electron chi connectivity index (χ2n) is 7.12. The van der Waals surface area contributed by atoms with Crippen LogP contribution in [0.5, 0.6) is 0 Å². The third-order valence-corrected chi connectivity index (χ3v) is 7.04. The Balaban J connectivity index is 1.67. The molecule has 1 heterocycles. The van der Waals surface area contributed by atoms with Crippen LogP contribution >= 0.6 is 0 Å². The average Bonchev–Trinajstić information content (AvgIpc) is 2.68. The van der Waals surface area contributed by atoms with Gasteiger partial charge in [0.1, 0.15) is 5.82 Å². The SMILES string of the molecule is C[C@@H]1CCCCN1S(=O)(=O)c1cccc(C(=O)NCCc2cccc(F)c2)c1. The predicted molar refractivity (Wildman–Crippen MR) is 106 cm³/mol. The van der Waals surface area contributed by atoms with Gasteiger partial charge in [-0.1, -0.05) is 24.6 Å². The molecule has 3 rings (SSSR count). The number of hydrogen-bond acceptors (Lipinski definition) is 3. The van der Waals surface area contributed by atoms with Crippen LogP contribution in [0.1, 0.15) is 42.1 Å². The lowest BCUT2D eigenvalue weighted by molar-refractivity contribution is 0.0954. The van der Waals surface area contributed by atoms with Crippen molar-refractivity contribution in [2.75, 3.05) is 13.1 Å². The average molecular weight is 405 g/mol. The number of nitrogens with zero attached hydrogens (tertiary/aromatic N) is 1. The molecule has 1 N–H and O–H groups in total. The minimum Gasteiger partial charge on any atom is -0.352 e. The summed E-state index contributed by atoms with van der Waals surface area (Å²) in [5.41, 5.74) is 1.08. The molecule has 1 atom stereocenters. The third kappa shape index (κ3) is 4.77. The molecule has 2 aromatic rings. The zero-order chi connectivity index (χ0) is 20.1. The summed E-state index contributed by atoms with van der Waals surface area (Å²) in [7, 11) is -3.62. The third-order valence-electron chi connectivity index (χ3n) is 5.03. The van der Waals surface area contributed by atoms with Gasteiger partial charge in [-0.25, -0.2) is 12.8 Å². The van der Waals surface area contributed by atoms with E-state index in [1.165, 1.54) is 28.6 Å². The number of carbonyl (C=O) groups excluding carboxylic acids is 1. The lowest BCUT2D eigenvalue weighted by atomic mass is 10.1. The predicted octanol–water partition coefficient (Wildman–Crippen LogP) is 3.36. The Morgan fingerprint density at radius 1 is 1.18 bits per heavy atom. The van der Waals surface area contributed by atoms with Crippen LogP contribution in [0.15, 0.2) is 53.4 Å². The zero-order valence-corrected chi connectivity index (χ0v) is 16.7. The maximum Gasteiger partial charge on any atom is 0.251 e. The molecule has 0 saturated carbocycles. The van der Waals surface area contributed by atoms with Gasteiger partial charge in [0.05, 0.1) is 4.90 Å². The Hall–Kier alpha value is -2.25. The summed E-state index contributed by atoms with van der Waals surface area (Å²) in [5.74, 6) is -0.658. The largest absolute Gasteiger partial charge is 0.352 e. The Bertz CT molecular complexity index is 946. The molecule has 0 aliphatic carbocycles. The van der Waals surface area contributed by atoms with E-state index in [4.69, 9.17) is 0 Å². The molecule has 1 saturated heterocycles. The molecule has 1 aliphatic rings. The summed E-state index contributed by atoms with van der Waals surface area (Å²) in [6, 6.07) is 12.3. The van der Waals surface area contributed by atoms with E-state index in [1.807, 2.05) is 6.92 Å². The van der Waals surface area contributed by atoms with E-state index >= 15 is 0 Å². The fourth-order valence-corrected chi connectivity index (χ4v) is 5.22. The van der Waals surface area contributed by atoms with Gasteiger partial charge in [-0.3, -0.25) is 4.79 Å². The van der Waals surface area contributed by atoms with Crippen molar-refractivity contribution >= 4 is 15.9 Å². The number of amides is 1. The molecule has 5 nitrogen and oxygen atoms in total. The molecule has 1 aliphatic heterocycles. The Morgan fingerprint density at radius 3 is 2.71 bits per heavy atom. The van der Waals surface area contributed by atoms with Gasteiger partial charge in [0.25, 0.3) is 5.91 Å². The van der Waals surface area contributed by atoms with E-state index in [-0.39, 0.29) is 22.7 Å². The van der Waals surface area contributed by atoms with Gasteiger partial charge in [-0.15, -0.1) is 0 Å². The summed E-state index contributed by atoms with van der Waals surface area (Å²) < 4.78 is 40.7. The number of piperidine rings is 1. The molecule has 2 aromatic carbocycles. The van der Waals surface area contributed by atoms with Gasteiger partial charge in [0, 0.05) is 24.7 Å². The van der Waals surface area contributed by atoms with Crippen molar-refractivity contribution in [1.29, 1.82) is 0 Å². The molecule has 28 heavy (non-hydrogen) atoms. The Kier molecular flexibility index (Phi) is 6.46. The van der Waals surface area contributed by atoms with E-state index in [0.717, 1.165) is 24.8 Å². The topological polar surface area (TPSA) is 66.5 Å². The molecule has 0 radical (unpaired) electrons. The monoisotopic (exact) mass is 404 g/mol. The number of halogens is 1. The molecule has 150 valence electrons. The minimum absolute atomic E-state index is 0.0394. The summed E-state index contributed by atoms with van der Waals surface area (Å²) in [5, 5.41) is 2.76. The van der Waals surface area contributed by atoms with Crippen LogP contribution in [0.2, 0.25) is 0 Å². The number of benzene rings is 2. The second kappa shape index (κ2) is 8.84. The van der Waals surface area contributed by atoms with Gasteiger partial charge in [0.2, 0.25) is 10.0 Å². The lowest BCUT2D eigenvalue weighted by Gasteiger charge is -2.32. The molecular weight excluding hydrogens is 379 g/mol. The maximum absolute atomic E-state index is 13.2. The second-order valence-corrected chi connectivity index (χ2v) is 9.01. The Labute approximate surface area is 165 Å². The van der Waals surface area contributed by atoms with Crippen LogP contribution in [0.3, 0.4) is 0 Å². The van der Waals surface area contributed by atoms with Crippen LogP contribution < -0.4 is 5.32 Å². The summed E-state index contributed by atoms with van der Waals surface area (Å²) >= 11 is 0. The molecular formula is C21H25FN2O3S. The number of carbonyl (C=O) groups is 1. The van der Waals surface area contributed by atoms with Gasteiger partial charge < -0.3 is 5.32 Å². The summed E-state index contributed by atoms with van der Waals surface area (Å²) in [4.78, 5) is 12.6. The number of nitrogens with one attached hydrogen (secondary N) is 1. The van der Waals surface area contributed by atoms with Crippen LogP contribution in [-0.2, 0) is 16.4 Å². The van der Waals surface area contributed by atoms with Crippen LogP contribution in [0, 0.1) is 5.82 Å². The molecule has 7 heteroatoms. The molecule has 1 fully saturated rings. The normalized spacial score (nSPS) is 18.0. The zero-order valence-electron chi connectivity index (χ0n) is 15.9. The Morgan fingerprint density at radius 2 is 1.96 bits per heavy atom. The van der Waals surface area contributed by atoms with Gasteiger partial charge >= 0.3 is 0 Å². The molecule has 0 unspecified atom stereocenters. The van der Waals surface area contributed by atoms with Gasteiger partial charge in [0.15, 0.2) is 0 Å². The van der Waals surface area contributed by atoms with Gasteiger partial charge in [-0.2, -0.15) is 4.31 Å². The smallest absolute Gasteiger partial charge is 0.251 e. The van der Waals surface area contributed by atoms with Crippen LogP contribution in [0.25, 0.3) is 0 Å². The first kappa shape index (κ1) is 20.5. The van der Waals surface area contributed by atoms with Gasteiger partial charge in [-0.05, 0) is 62.1 Å². The number of rotatable bonds is 6. The van der Waals surface area contributed by atoms with E-state index in [0.29, 0.717) is 25.1 Å². The van der Waals surface area contributed by atoms with Crippen molar-refractivity contribution in [2.24, 2.45) is 0 Å². The van der Waals surface area contributed by atoms with Crippen molar-refractivity contribution < 1.29 is 17.6 Å². The standard InChI is InChI=1S/C21H25FN2O3S/c1-16-6-2-3-13-24(16)28(26,27)20-10-5-8-18(15-20)21(25)23-12-11-17-7-4-9-19(22)14-17/h4-5,7-10,14-16H,2-3,6,11-13H2,1H3,(H,23,25)/t16-/m1/s1. The minimum atomic E-state index is -3.62. The van der Waals surface area contributed by atoms with E-state index in [1.54, 1.807) is 24.3 Å². The molecule has 0 aromatic heterocycles. The van der Waals surface area contributed by atoms with Crippen LogP contribution in [0.4, 0.5) is 4.39 Å². The summed E-state index contributed by atoms with van der Waals surface area (Å²) in [6.07, 6.45) is 3.22. The highest BCUT2D eigenvalue weighted by Gasteiger charge is 2.31. The highest BCUT2D eigenvalue weighted by molar-refractivity contribution is 7.89. The molecule has 1 amide bonds. The summed E-state index contributed by atoms with van der Waals surface area (Å²) in [6.45, 7) is 2.76. The first-order valence-electron chi connectivity index (χ1n) is 9.52. The number of sulfonamides is 1. The fraction of sp³-hybridized carbons (Fsp3) is 0.381. The van der Waals surface area contributed by atoms with E-state index in [2.05, 4.69) is 5.32 Å². The highest BCUT2D eigenvalue weighted by Crippen LogP contribution is 2.25. The maximum atomic E-state index is 13.2. The lowest BCUT2D eigenvalue weighted by Crippen LogP contribution is -2.42. The van der Waals surface area contributed by atoms with Crippen molar-refractivity contribution in [1.82, 2.24) is 9.62 Å². The number of hydrogen-bond donors (Lipinski definition) is 1. The van der Waals surface area contributed by atoms with E-state index in [9.17, 15) is 17.6 Å². The first-order chi connectivity index (χ1) is 13.4. The van der Waals surface area contributed by atoms with Crippen molar-refractivity contribution in [2.45, 2.75) is 43.5 Å². The van der Waals surface area contributed by atoms with Crippen molar-refractivity contribution in [3.8, 4) is 0 Å².